The zero-order chi connectivity index (χ0) is 17.4. The van der Waals surface area contributed by atoms with Crippen LogP contribution >= 0.6 is 0 Å². The first-order valence-electron chi connectivity index (χ1n) is 7.42. The van der Waals surface area contributed by atoms with Crippen LogP contribution in [0.3, 0.4) is 0 Å². The summed E-state index contributed by atoms with van der Waals surface area (Å²) in [6, 6.07) is 15.3. The number of anilines is 2. The molecular weight excluding hydrogens is 304 g/mol. The van der Waals surface area contributed by atoms with E-state index in [1.807, 2.05) is 36.4 Å². The number of hydrogen-bond acceptors (Lipinski definition) is 4. The minimum absolute atomic E-state index is 0.473. The van der Waals surface area contributed by atoms with Crippen molar-refractivity contribution in [1.29, 1.82) is 0 Å². The zero-order valence-electron chi connectivity index (χ0n) is 13.8. The number of carbonyl (C=O) groups is 1. The molecule has 2 aromatic rings. The van der Waals surface area contributed by atoms with Crippen LogP contribution in [0.25, 0.3) is 0 Å². The van der Waals surface area contributed by atoms with Gasteiger partial charge in [0.05, 0.1) is 20.8 Å². The van der Waals surface area contributed by atoms with Crippen molar-refractivity contribution in [2.24, 2.45) is 0 Å². The second-order valence-electron chi connectivity index (χ2n) is 5.08. The maximum atomic E-state index is 11.2. The van der Waals surface area contributed by atoms with Gasteiger partial charge in [-0.3, -0.25) is 5.32 Å². The zero-order valence-corrected chi connectivity index (χ0v) is 13.8. The molecule has 0 fully saturated rings. The molecule has 2 aromatic carbocycles. The summed E-state index contributed by atoms with van der Waals surface area (Å²) in [6.07, 6.45) is 5.00. The van der Waals surface area contributed by atoms with E-state index in [4.69, 9.17) is 11.2 Å². The van der Waals surface area contributed by atoms with Gasteiger partial charge in [-0.15, -0.1) is 6.42 Å². The number of nitrogens with one attached hydrogen (secondary N) is 1. The summed E-state index contributed by atoms with van der Waals surface area (Å²) in [5.74, 6) is 3.49. The summed E-state index contributed by atoms with van der Waals surface area (Å²) in [5, 5.41) is 2.62. The van der Waals surface area contributed by atoms with Crippen LogP contribution < -0.4 is 15.0 Å². The fraction of sp³-hybridized carbons (Fsp3) is 0.211. The van der Waals surface area contributed by atoms with E-state index in [2.05, 4.69) is 20.9 Å². The molecule has 0 aromatic heterocycles. The van der Waals surface area contributed by atoms with Gasteiger partial charge in [-0.05, 0) is 42.0 Å². The number of carbonyl (C=O) groups excluding carboxylic acids is 1. The van der Waals surface area contributed by atoms with E-state index in [0.717, 1.165) is 17.0 Å². The molecule has 0 unspecified atom stereocenters. The molecule has 0 bridgehead atoms. The topological polar surface area (TPSA) is 50.8 Å². The smallest absolute Gasteiger partial charge is 0.411 e. The number of methoxy groups -OCH3 is 2. The van der Waals surface area contributed by atoms with Crippen molar-refractivity contribution >= 4 is 17.5 Å². The Morgan fingerprint density at radius 3 is 2.58 bits per heavy atom. The highest BCUT2D eigenvalue weighted by atomic mass is 16.5. The summed E-state index contributed by atoms with van der Waals surface area (Å²) in [4.78, 5) is 13.3. The highest BCUT2D eigenvalue weighted by molar-refractivity contribution is 5.84. The summed E-state index contributed by atoms with van der Waals surface area (Å²) < 4.78 is 9.83. The van der Waals surface area contributed by atoms with Crippen LogP contribution in [0.1, 0.15) is 5.56 Å². The summed E-state index contributed by atoms with van der Waals surface area (Å²) >= 11 is 0. The Labute approximate surface area is 142 Å². The molecule has 0 spiro atoms. The summed E-state index contributed by atoms with van der Waals surface area (Å²) in [7, 11) is 2.97. The number of terminal acetylenes is 1. The van der Waals surface area contributed by atoms with Crippen molar-refractivity contribution in [2.75, 3.05) is 31.0 Å². The fourth-order valence-electron chi connectivity index (χ4n) is 2.26. The lowest BCUT2D eigenvalue weighted by molar-refractivity contribution is 0.187. The predicted octanol–water partition coefficient (Wildman–Crippen LogP) is 3.51. The standard InChI is InChI=1S/C19H20N2O3/c1-4-12-21(14-15-6-5-7-18(13-15)23-2)17-10-8-16(9-11-17)20-19(22)24-3/h1,5-11,13H,12,14H2,2-3H3,(H,20,22). The molecule has 24 heavy (non-hydrogen) atoms. The number of hydrogen-bond donors (Lipinski definition) is 1. The van der Waals surface area contributed by atoms with E-state index in [1.54, 1.807) is 19.2 Å². The van der Waals surface area contributed by atoms with Gasteiger partial charge in [0.25, 0.3) is 0 Å². The number of amides is 1. The largest absolute Gasteiger partial charge is 0.497 e. The second-order valence-corrected chi connectivity index (χ2v) is 5.08. The van der Waals surface area contributed by atoms with E-state index < -0.39 is 6.09 Å². The third-order valence-corrected chi connectivity index (χ3v) is 3.45. The van der Waals surface area contributed by atoms with Crippen molar-refractivity contribution in [1.82, 2.24) is 0 Å². The molecule has 1 amide bonds. The van der Waals surface area contributed by atoms with E-state index in [0.29, 0.717) is 18.8 Å². The SMILES string of the molecule is C#CCN(Cc1cccc(OC)c1)c1ccc(NC(=O)OC)cc1. The van der Waals surface area contributed by atoms with Gasteiger partial charge in [0.2, 0.25) is 0 Å². The minimum atomic E-state index is -0.500. The molecular formula is C19H20N2O3. The molecule has 2 rings (SSSR count). The van der Waals surface area contributed by atoms with Gasteiger partial charge in [0, 0.05) is 17.9 Å². The van der Waals surface area contributed by atoms with Gasteiger partial charge in [0.15, 0.2) is 0 Å². The molecule has 124 valence electrons. The Kier molecular flexibility index (Phi) is 6.09. The van der Waals surface area contributed by atoms with E-state index >= 15 is 0 Å². The average Bonchev–Trinajstić information content (AvgIpc) is 2.62. The van der Waals surface area contributed by atoms with Crippen LogP contribution in [0, 0.1) is 12.3 Å². The van der Waals surface area contributed by atoms with Gasteiger partial charge in [-0.1, -0.05) is 18.1 Å². The van der Waals surface area contributed by atoms with E-state index in [-0.39, 0.29) is 0 Å². The van der Waals surface area contributed by atoms with Crippen LogP contribution in [0.5, 0.6) is 5.75 Å². The van der Waals surface area contributed by atoms with E-state index in [9.17, 15) is 4.79 Å². The Bertz CT molecular complexity index is 720. The second kappa shape index (κ2) is 8.49. The molecule has 0 saturated heterocycles. The van der Waals surface area contributed by atoms with Gasteiger partial charge in [-0.25, -0.2) is 4.79 Å². The quantitative estimate of drug-likeness (QED) is 0.826. The molecule has 0 radical (unpaired) electrons. The minimum Gasteiger partial charge on any atom is -0.497 e. The van der Waals surface area contributed by atoms with Crippen LogP contribution in [0.15, 0.2) is 48.5 Å². The van der Waals surface area contributed by atoms with Gasteiger partial charge in [-0.2, -0.15) is 0 Å². The van der Waals surface area contributed by atoms with Crippen molar-refractivity contribution in [3.05, 3.63) is 54.1 Å². The molecule has 0 heterocycles. The third-order valence-electron chi connectivity index (χ3n) is 3.45. The Morgan fingerprint density at radius 1 is 1.21 bits per heavy atom. The average molecular weight is 324 g/mol. The highest BCUT2D eigenvalue weighted by Gasteiger charge is 2.08. The maximum absolute atomic E-state index is 11.2. The molecule has 5 heteroatoms. The fourth-order valence-corrected chi connectivity index (χ4v) is 2.26. The highest BCUT2D eigenvalue weighted by Crippen LogP contribution is 2.21. The van der Waals surface area contributed by atoms with Crippen LogP contribution in [0.2, 0.25) is 0 Å². The summed E-state index contributed by atoms with van der Waals surface area (Å²) in [5.41, 5.74) is 2.72. The van der Waals surface area contributed by atoms with Crippen molar-refractivity contribution in [3.63, 3.8) is 0 Å². The first-order valence-corrected chi connectivity index (χ1v) is 7.42. The van der Waals surface area contributed by atoms with Gasteiger partial charge >= 0.3 is 6.09 Å². The molecule has 0 aliphatic rings. The monoisotopic (exact) mass is 324 g/mol. The number of nitrogens with zero attached hydrogens (tertiary/aromatic N) is 1. The van der Waals surface area contributed by atoms with Crippen molar-refractivity contribution in [3.8, 4) is 18.1 Å². The molecule has 0 aliphatic heterocycles. The molecule has 0 aliphatic carbocycles. The Balaban J connectivity index is 2.14. The van der Waals surface area contributed by atoms with Gasteiger partial charge < -0.3 is 14.4 Å². The third kappa shape index (κ3) is 4.68. The van der Waals surface area contributed by atoms with Crippen molar-refractivity contribution < 1.29 is 14.3 Å². The number of rotatable bonds is 6. The molecule has 1 N–H and O–H groups in total. The predicted molar refractivity (Wildman–Crippen MR) is 95.3 cm³/mol. The lowest BCUT2D eigenvalue weighted by atomic mass is 10.1. The molecule has 0 atom stereocenters. The first-order chi connectivity index (χ1) is 11.7. The van der Waals surface area contributed by atoms with Crippen LogP contribution in [0.4, 0.5) is 16.2 Å². The molecule has 0 saturated carbocycles. The Hall–Kier alpha value is -3.13. The van der Waals surface area contributed by atoms with Crippen LogP contribution in [-0.2, 0) is 11.3 Å². The normalized spacial score (nSPS) is 9.71. The molecule has 5 nitrogen and oxygen atoms in total. The van der Waals surface area contributed by atoms with E-state index in [1.165, 1.54) is 7.11 Å². The number of benzene rings is 2. The number of ether oxygens (including phenoxy) is 2. The lowest BCUT2D eigenvalue weighted by Crippen LogP contribution is -2.23. The van der Waals surface area contributed by atoms with Gasteiger partial charge in [0.1, 0.15) is 5.75 Å². The maximum Gasteiger partial charge on any atom is 0.411 e. The lowest BCUT2D eigenvalue weighted by Gasteiger charge is -2.23. The van der Waals surface area contributed by atoms with Crippen molar-refractivity contribution in [2.45, 2.75) is 6.54 Å². The Morgan fingerprint density at radius 2 is 1.96 bits per heavy atom. The first kappa shape index (κ1) is 17.2. The van der Waals surface area contributed by atoms with Crippen LogP contribution in [-0.4, -0.2) is 26.9 Å². The summed E-state index contributed by atoms with van der Waals surface area (Å²) in [6.45, 7) is 1.13.